The molecule has 6 heteroatoms. The first-order valence-corrected chi connectivity index (χ1v) is 10.5. The van der Waals surface area contributed by atoms with E-state index in [9.17, 15) is 4.79 Å². The number of anilines is 2. The third kappa shape index (κ3) is 4.02. The molecule has 3 heterocycles. The molecule has 1 N–H and O–H groups in total. The number of imidazole rings is 1. The van der Waals surface area contributed by atoms with Crippen molar-refractivity contribution in [3.05, 3.63) is 73.1 Å². The van der Waals surface area contributed by atoms with Crippen LogP contribution in [0.15, 0.2) is 73.1 Å². The lowest BCUT2D eigenvalue weighted by Gasteiger charge is -2.28. The van der Waals surface area contributed by atoms with Crippen LogP contribution in [-0.4, -0.2) is 41.6 Å². The fraction of sp³-hybridized carbons (Fsp3) is 0.200. The lowest BCUT2D eigenvalue weighted by atomic mass is 10.1. The normalized spacial score (nSPS) is 14.0. The summed E-state index contributed by atoms with van der Waals surface area (Å²) in [6.45, 7) is 4.95. The summed E-state index contributed by atoms with van der Waals surface area (Å²) in [4.78, 5) is 18.3. The summed E-state index contributed by atoms with van der Waals surface area (Å²) in [6.07, 6.45) is 3.92. The number of benzene rings is 2. The van der Waals surface area contributed by atoms with Crippen LogP contribution in [0.2, 0.25) is 0 Å². The number of rotatable bonds is 4. The SMILES string of the molecule is CC(=O)Nc1cccc(-c2cnc3cc(-c4ccc(N5CCOCC5)cc4)ccn23)c1. The molecule has 2 aromatic heterocycles. The highest BCUT2D eigenvalue weighted by molar-refractivity contribution is 5.89. The van der Waals surface area contributed by atoms with E-state index in [4.69, 9.17) is 4.74 Å². The van der Waals surface area contributed by atoms with Crippen molar-refractivity contribution in [3.8, 4) is 22.4 Å². The number of nitrogens with one attached hydrogen (secondary N) is 1. The van der Waals surface area contributed by atoms with Gasteiger partial charge in [0.1, 0.15) is 5.65 Å². The molecule has 1 saturated heterocycles. The summed E-state index contributed by atoms with van der Waals surface area (Å²) in [7, 11) is 0. The highest BCUT2D eigenvalue weighted by Crippen LogP contribution is 2.28. The molecule has 5 rings (SSSR count). The molecule has 0 spiro atoms. The van der Waals surface area contributed by atoms with Gasteiger partial charge in [-0.1, -0.05) is 24.3 Å². The number of hydrogen-bond acceptors (Lipinski definition) is 4. The van der Waals surface area contributed by atoms with Crippen molar-refractivity contribution in [2.24, 2.45) is 0 Å². The molecule has 0 unspecified atom stereocenters. The maximum absolute atomic E-state index is 11.4. The topological polar surface area (TPSA) is 58.9 Å². The predicted molar refractivity (Wildman–Crippen MR) is 123 cm³/mol. The molecular formula is C25H24N4O2. The van der Waals surface area contributed by atoms with Gasteiger partial charge in [0.15, 0.2) is 0 Å². The van der Waals surface area contributed by atoms with Gasteiger partial charge in [-0.25, -0.2) is 4.98 Å². The number of carbonyl (C=O) groups excluding carboxylic acids is 1. The first-order chi connectivity index (χ1) is 15.2. The van der Waals surface area contributed by atoms with Crippen molar-refractivity contribution in [1.29, 1.82) is 0 Å². The molecule has 6 nitrogen and oxygen atoms in total. The van der Waals surface area contributed by atoms with Gasteiger partial charge in [-0.2, -0.15) is 0 Å². The van der Waals surface area contributed by atoms with Gasteiger partial charge < -0.3 is 15.0 Å². The Morgan fingerprint density at radius 1 is 0.968 bits per heavy atom. The number of morpholine rings is 1. The van der Waals surface area contributed by atoms with Gasteiger partial charge in [0.05, 0.1) is 25.1 Å². The van der Waals surface area contributed by atoms with E-state index in [1.165, 1.54) is 12.6 Å². The van der Waals surface area contributed by atoms with E-state index in [-0.39, 0.29) is 5.91 Å². The molecule has 31 heavy (non-hydrogen) atoms. The lowest BCUT2D eigenvalue weighted by molar-refractivity contribution is -0.114. The van der Waals surface area contributed by atoms with Gasteiger partial charge in [0, 0.05) is 43.1 Å². The van der Waals surface area contributed by atoms with Gasteiger partial charge in [-0.3, -0.25) is 9.20 Å². The average Bonchev–Trinajstić information content (AvgIpc) is 3.23. The quantitative estimate of drug-likeness (QED) is 0.538. The molecule has 1 fully saturated rings. The molecule has 4 aromatic rings. The highest BCUT2D eigenvalue weighted by atomic mass is 16.5. The predicted octanol–water partition coefficient (Wildman–Crippen LogP) is 4.46. The number of nitrogens with zero attached hydrogens (tertiary/aromatic N) is 3. The van der Waals surface area contributed by atoms with Crippen LogP contribution in [0, 0.1) is 0 Å². The maximum Gasteiger partial charge on any atom is 0.221 e. The molecule has 0 aliphatic carbocycles. The lowest BCUT2D eigenvalue weighted by Crippen LogP contribution is -2.36. The molecule has 0 bridgehead atoms. The Bertz CT molecular complexity index is 1220. The van der Waals surface area contributed by atoms with Crippen LogP contribution in [0.1, 0.15) is 6.92 Å². The molecule has 0 atom stereocenters. The number of fused-ring (bicyclic) bond motifs is 1. The van der Waals surface area contributed by atoms with Crippen LogP contribution in [0.3, 0.4) is 0 Å². The van der Waals surface area contributed by atoms with Crippen molar-refractivity contribution >= 4 is 22.9 Å². The first-order valence-electron chi connectivity index (χ1n) is 10.5. The third-order valence-corrected chi connectivity index (χ3v) is 5.57. The summed E-state index contributed by atoms with van der Waals surface area (Å²) in [5, 5.41) is 2.83. The zero-order valence-electron chi connectivity index (χ0n) is 17.4. The number of hydrogen-bond donors (Lipinski definition) is 1. The van der Waals surface area contributed by atoms with Crippen LogP contribution in [0.25, 0.3) is 28.0 Å². The number of ether oxygens (including phenoxy) is 1. The van der Waals surface area contributed by atoms with Crippen molar-refractivity contribution in [1.82, 2.24) is 9.38 Å². The van der Waals surface area contributed by atoms with Crippen LogP contribution in [0.4, 0.5) is 11.4 Å². The Kier molecular flexibility index (Phi) is 5.14. The fourth-order valence-electron chi connectivity index (χ4n) is 4.02. The second-order valence-electron chi connectivity index (χ2n) is 7.70. The van der Waals surface area contributed by atoms with E-state index in [1.54, 1.807) is 0 Å². The molecule has 0 radical (unpaired) electrons. The minimum Gasteiger partial charge on any atom is -0.378 e. The monoisotopic (exact) mass is 412 g/mol. The molecular weight excluding hydrogens is 388 g/mol. The molecule has 0 saturated carbocycles. The minimum absolute atomic E-state index is 0.0837. The third-order valence-electron chi connectivity index (χ3n) is 5.57. The Morgan fingerprint density at radius 2 is 1.77 bits per heavy atom. The molecule has 1 aliphatic rings. The fourth-order valence-corrected chi connectivity index (χ4v) is 4.02. The average molecular weight is 412 g/mol. The van der Waals surface area contributed by atoms with Gasteiger partial charge >= 0.3 is 0 Å². The van der Waals surface area contributed by atoms with Gasteiger partial charge in [0.2, 0.25) is 5.91 Å². The van der Waals surface area contributed by atoms with E-state index in [0.29, 0.717) is 0 Å². The van der Waals surface area contributed by atoms with Crippen molar-refractivity contribution < 1.29 is 9.53 Å². The Labute approximate surface area is 181 Å². The van der Waals surface area contributed by atoms with E-state index in [1.807, 2.05) is 36.7 Å². The van der Waals surface area contributed by atoms with E-state index < -0.39 is 0 Å². The summed E-state index contributed by atoms with van der Waals surface area (Å²) in [5.74, 6) is -0.0837. The first kappa shape index (κ1) is 19.3. The summed E-state index contributed by atoms with van der Waals surface area (Å²) in [5.41, 5.74) is 7.17. The Morgan fingerprint density at radius 3 is 2.55 bits per heavy atom. The highest BCUT2D eigenvalue weighted by Gasteiger charge is 2.12. The zero-order chi connectivity index (χ0) is 21.2. The number of carbonyl (C=O) groups is 1. The number of aromatic nitrogens is 2. The van der Waals surface area contributed by atoms with Crippen LogP contribution in [-0.2, 0) is 9.53 Å². The maximum atomic E-state index is 11.4. The van der Waals surface area contributed by atoms with Crippen LogP contribution >= 0.6 is 0 Å². The smallest absolute Gasteiger partial charge is 0.221 e. The second-order valence-corrected chi connectivity index (χ2v) is 7.70. The summed E-state index contributed by atoms with van der Waals surface area (Å²) in [6, 6.07) is 20.7. The summed E-state index contributed by atoms with van der Waals surface area (Å²) < 4.78 is 7.51. The molecule has 2 aromatic carbocycles. The van der Waals surface area contributed by atoms with Gasteiger partial charge in [-0.15, -0.1) is 0 Å². The van der Waals surface area contributed by atoms with Gasteiger partial charge in [0.25, 0.3) is 0 Å². The van der Waals surface area contributed by atoms with E-state index in [2.05, 4.69) is 56.0 Å². The molecule has 1 aliphatic heterocycles. The van der Waals surface area contributed by atoms with Gasteiger partial charge in [-0.05, 0) is 47.5 Å². The van der Waals surface area contributed by atoms with E-state index in [0.717, 1.165) is 60.0 Å². The van der Waals surface area contributed by atoms with Crippen molar-refractivity contribution in [3.63, 3.8) is 0 Å². The van der Waals surface area contributed by atoms with Crippen molar-refractivity contribution in [2.75, 3.05) is 36.5 Å². The van der Waals surface area contributed by atoms with Crippen molar-refractivity contribution in [2.45, 2.75) is 6.92 Å². The molecule has 156 valence electrons. The molecule has 1 amide bonds. The standard InChI is InChI=1S/C25H24N4O2/c1-18(30)27-22-4-2-3-21(15-22)24-17-26-25-16-20(9-10-29(24)25)19-5-7-23(8-6-19)28-11-13-31-14-12-28/h2-10,15-17H,11-14H2,1H3,(H,27,30). The Hall–Kier alpha value is -3.64. The zero-order valence-corrected chi connectivity index (χ0v) is 17.4. The number of pyridine rings is 1. The van der Waals surface area contributed by atoms with Crippen LogP contribution in [0.5, 0.6) is 0 Å². The van der Waals surface area contributed by atoms with Crippen LogP contribution < -0.4 is 10.2 Å². The van der Waals surface area contributed by atoms with E-state index >= 15 is 0 Å². The second kappa shape index (κ2) is 8.24. The largest absolute Gasteiger partial charge is 0.378 e. The minimum atomic E-state index is -0.0837. The summed E-state index contributed by atoms with van der Waals surface area (Å²) >= 11 is 0. The Balaban J connectivity index is 1.42. The number of amides is 1.